The number of piperidine rings is 1. The summed E-state index contributed by atoms with van der Waals surface area (Å²) < 4.78 is 0. The summed E-state index contributed by atoms with van der Waals surface area (Å²) in [7, 11) is 0. The van der Waals surface area contributed by atoms with Crippen molar-refractivity contribution in [3.63, 3.8) is 0 Å². The molecule has 0 aliphatic carbocycles. The molecule has 0 atom stereocenters. The zero-order valence-corrected chi connectivity index (χ0v) is 12.7. The van der Waals surface area contributed by atoms with Crippen molar-refractivity contribution in [2.24, 2.45) is 5.92 Å². The fraction of sp³-hybridized carbons (Fsp3) is 0.429. The fourth-order valence-electron chi connectivity index (χ4n) is 2.17. The highest BCUT2D eigenvalue weighted by Gasteiger charge is 2.25. The first-order valence-corrected chi connectivity index (χ1v) is 7.27. The van der Waals surface area contributed by atoms with Crippen LogP contribution in [0.1, 0.15) is 19.8 Å². The molecule has 1 aromatic rings. The maximum atomic E-state index is 12.0. The van der Waals surface area contributed by atoms with E-state index in [0.29, 0.717) is 34.7 Å². The number of anilines is 1. The van der Waals surface area contributed by atoms with E-state index in [0.717, 1.165) is 12.8 Å². The number of carbonyl (C=O) groups is 2. The molecule has 1 N–H and O–H groups in total. The molecule has 0 spiro atoms. The van der Waals surface area contributed by atoms with Crippen LogP contribution in [-0.2, 0) is 9.59 Å². The van der Waals surface area contributed by atoms with Gasteiger partial charge in [0.2, 0.25) is 0 Å². The van der Waals surface area contributed by atoms with Crippen molar-refractivity contribution in [2.45, 2.75) is 19.8 Å². The number of hydrogen-bond acceptors (Lipinski definition) is 2. The number of hydrogen-bond donors (Lipinski definition) is 1. The normalized spacial score (nSPS) is 16.1. The van der Waals surface area contributed by atoms with Gasteiger partial charge in [-0.1, -0.05) is 30.1 Å². The minimum atomic E-state index is -0.655. The van der Waals surface area contributed by atoms with Crippen LogP contribution in [0.5, 0.6) is 0 Å². The summed E-state index contributed by atoms with van der Waals surface area (Å²) in [6.07, 6.45) is 1.87. The number of carbonyl (C=O) groups excluding carboxylic acids is 2. The first-order valence-electron chi connectivity index (χ1n) is 6.52. The first-order chi connectivity index (χ1) is 9.45. The Bertz CT molecular complexity index is 506. The van der Waals surface area contributed by atoms with E-state index in [-0.39, 0.29) is 0 Å². The summed E-state index contributed by atoms with van der Waals surface area (Å²) in [5.74, 6) is -0.556. The van der Waals surface area contributed by atoms with Crippen molar-refractivity contribution in [3.8, 4) is 0 Å². The lowest BCUT2D eigenvalue weighted by Gasteiger charge is -2.29. The van der Waals surface area contributed by atoms with E-state index in [1.807, 2.05) is 0 Å². The van der Waals surface area contributed by atoms with Gasteiger partial charge < -0.3 is 10.2 Å². The second-order valence-electron chi connectivity index (χ2n) is 5.09. The van der Waals surface area contributed by atoms with Crippen LogP contribution in [0.2, 0.25) is 10.0 Å². The highest BCUT2D eigenvalue weighted by Crippen LogP contribution is 2.22. The van der Waals surface area contributed by atoms with Crippen LogP contribution in [0.25, 0.3) is 0 Å². The molecule has 4 nitrogen and oxygen atoms in total. The zero-order valence-electron chi connectivity index (χ0n) is 11.2. The Morgan fingerprint density at radius 1 is 1.15 bits per heavy atom. The van der Waals surface area contributed by atoms with Gasteiger partial charge in [-0.2, -0.15) is 0 Å². The monoisotopic (exact) mass is 314 g/mol. The standard InChI is InChI=1S/C14H16Cl2N2O2/c1-9-2-4-18(5-3-9)14(20)13(19)17-12-7-10(15)6-11(16)8-12/h6-9H,2-5H2,1H3,(H,17,19). The molecule has 1 saturated heterocycles. The summed E-state index contributed by atoms with van der Waals surface area (Å²) in [5.41, 5.74) is 0.422. The van der Waals surface area contributed by atoms with Crippen molar-refractivity contribution in [1.82, 2.24) is 4.90 Å². The van der Waals surface area contributed by atoms with Gasteiger partial charge in [-0.05, 0) is 37.0 Å². The number of amides is 2. The van der Waals surface area contributed by atoms with Gasteiger partial charge >= 0.3 is 11.8 Å². The van der Waals surface area contributed by atoms with Crippen molar-refractivity contribution < 1.29 is 9.59 Å². The van der Waals surface area contributed by atoms with E-state index < -0.39 is 11.8 Å². The molecule has 1 aliphatic rings. The highest BCUT2D eigenvalue weighted by molar-refractivity contribution is 6.40. The van der Waals surface area contributed by atoms with Gasteiger partial charge in [-0.15, -0.1) is 0 Å². The molecule has 1 heterocycles. The van der Waals surface area contributed by atoms with Crippen LogP contribution in [-0.4, -0.2) is 29.8 Å². The molecule has 0 unspecified atom stereocenters. The predicted molar refractivity (Wildman–Crippen MR) is 80.1 cm³/mol. The summed E-state index contributed by atoms with van der Waals surface area (Å²) in [6, 6.07) is 4.67. The smallest absolute Gasteiger partial charge is 0.313 e. The minimum Gasteiger partial charge on any atom is -0.334 e. The van der Waals surface area contributed by atoms with Gasteiger partial charge in [-0.3, -0.25) is 9.59 Å². The molecule has 0 radical (unpaired) electrons. The van der Waals surface area contributed by atoms with Crippen molar-refractivity contribution >= 4 is 40.7 Å². The van der Waals surface area contributed by atoms with Gasteiger partial charge in [0.05, 0.1) is 0 Å². The van der Waals surface area contributed by atoms with E-state index in [9.17, 15) is 9.59 Å². The van der Waals surface area contributed by atoms with Crippen molar-refractivity contribution in [2.75, 3.05) is 18.4 Å². The molecule has 2 rings (SSSR count). The molecule has 0 aromatic heterocycles. The first kappa shape index (κ1) is 15.1. The van der Waals surface area contributed by atoms with E-state index in [1.165, 1.54) is 0 Å². The summed E-state index contributed by atoms with van der Waals surface area (Å²) >= 11 is 11.7. The van der Waals surface area contributed by atoms with Crippen LogP contribution in [0.3, 0.4) is 0 Å². The lowest BCUT2D eigenvalue weighted by atomic mass is 9.99. The van der Waals surface area contributed by atoms with Gasteiger partial charge in [0.1, 0.15) is 0 Å². The summed E-state index contributed by atoms with van der Waals surface area (Å²) in [6.45, 7) is 3.41. The molecule has 108 valence electrons. The number of halogens is 2. The Morgan fingerprint density at radius 2 is 1.70 bits per heavy atom. The average Bonchev–Trinajstić information content (AvgIpc) is 2.37. The Kier molecular flexibility index (Phi) is 4.89. The highest BCUT2D eigenvalue weighted by atomic mass is 35.5. The van der Waals surface area contributed by atoms with E-state index in [2.05, 4.69) is 12.2 Å². The quantitative estimate of drug-likeness (QED) is 0.809. The Hall–Kier alpha value is -1.26. The van der Waals surface area contributed by atoms with Crippen LogP contribution in [0.15, 0.2) is 18.2 Å². The van der Waals surface area contributed by atoms with E-state index in [4.69, 9.17) is 23.2 Å². The third kappa shape index (κ3) is 3.87. The number of rotatable bonds is 1. The summed E-state index contributed by atoms with van der Waals surface area (Å²) in [5, 5.41) is 3.35. The molecule has 0 bridgehead atoms. The van der Waals surface area contributed by atoms with E-state index in [1.54, 1.807) is 23.1 Å². The fourth-order valence-corrected chi connectivity index (χ4v) is 2.69. The predicted octanol–water partition coefficient (Wildman–Crippen LogP) is 3.19. The van der Waals surface area contributed by atoms with Gasteiger partial charge in [0, 0.05) is 28.8 Å². The van der Waals surface area contributed by atoms with Crippen LogP contribution >= 0.6 is 23.2 Å². The average molecular weight is 315 g/mol. The Labute approximate surface area is 128 Å². The Balaban J connectivity index is 1.99. The molecule has 1 aliphatic heterocycles. The topological polar surface area (TPSA) is 49.4 Å². The number of nitrogens with zero attached hydrogens (tertiary/aromatic N) is 1. The molecular formula is C14H16Cl2N2O2. The summed E-state index contributed by atoms with van der Waals surface area (Å²) in [4.78, 5) is 25.5. The van der Waals surface area contributed by atoms with Gasteiger partial charge in [0.25, 0.3) is 0 Å². The molecule has 6 heteroatoms. The number of likely N-dealkylation sites (tertiary alicyclic amines) is 1. The zero-order chi connectivity index (χ0) is 14.7. The lowest BCUT2D eigenvalue weighted by molar-refractivity contribution is -0.144. The molecule has 1 aromatic carbocycles. The number of benzene rings is 1. The van der Waals surface area contributed by atoms with Crippen LogP contribution in [0.4, 0.5) is 5.69 Å². The van der Waals surface area contributed by atoms with Crippen LogP contribution in [0, 0.1) is 5.92 Å². The minimum absolute atomic E-state index is 0.409. The van der Waals surface area contributed by atoms with Gasteiger partial charge in [-0.25, -0.2) is 0 Å². The third-order valence-electron chi connectivity index (χ3n) is 3.39. The lowest BCUT2D eigenvalue weighted by Crippen LogP contribution is -2.43. The largest absolute Gasteiger partial charge is 0.334 e. The second-order valence-corrected chi connectivity index (χ2v) is 5.96. The second kappa shape index (κ2) is 6.46. The molecule has 2 amide bonds. The van der Waals surface area contributed by atoms with Crippen molar-refractivity contribution in [1.29, 1.82) is 0 Å². The molecular weight excluding hydrogens is 299 g/mol. The number of nitrogens with one attached hydrogen (secondary N) is 1. The SMILES string of the molecule is CC1CCN(C(=O)C(=O)Nc2cc(Cl)cc(Cl)c2)CC1. The molecule has 1 fully saturated rings. The third-order valence-corrected chi connectivity index (χ3v) is 3.82. The van der Waals surface area contributed by atoms with E-state index >= 15 is 0 Å². The Morgan fingerprint density at radius 3 is 2.25 bits per heavy atom. The maximum Gasteiger partial charge on any atom is 0.313 e. The maximum absolute atomic E-state index is 12.0. The van der Waals surface area contributed by atoms with Gasteiger partial charge in [0.15, 0.2) is 0 Å². The van der Waals surface area contributed by atoms with Crippen molar-refractivity contribution in [3.05, 3.63) is 28.2 Å². The van der Waals surface area contributed by atoms with Crippen LogP contribution < -0.4 is 5.32 Å². The molecule has 20 heavy (non-hydrogen) atoms. The molecule has 0 saturated carbocycles.